The van der Waals surface area contributed by atoms with Crippen LogP contribution in [0.1, 0.15) is 19.3 Å². The van der Waals surface area contributed by atoms with Crippen LogP contribution in [0.4, 0.5) is 0 Å². The Kier molecular flexibility index (Phi) is 1.30. The first-order chi connectivity index (χ1) is 6.18. The predicted octanol–water partition coefficient (Wildman–Crippen LogP) is 0.161. The lowest BCUT2D eigenvalue weighted by atomic mass is 9.92. The van der Waals surface area contributed by atoms with Crippen LogP contribution in [0.15, 0.2) is 0 Å². The number of carbonyl (C=O) groups is 2. The molecule has 0 heterocycles. The maximum absolute atomic E-state index is 11.5. The van der Waals surface area contributed by atoms with Crippen LogP contribution in [0.25, 0.3) is 0 Å². The summed E-state index contributed by atoms with van der Waals surface area (Å²) in [5.74, 6) is 0.765. The molecule has 3 fully saturated rings. The third-order valence-electron chi connectivity index (χ3n) is 4.05. The molecule has 0 aliphatic heterocycles. The molecule has 0 bridgehead atoms. The molecule has 0 aromatic heterocycles. The molecule has 0 radical (unpaired) electrons. The van der Waals surface area contributed by atoms with Crippen molar-refractivity contribution in [2.75, 3.05) is 0 Å². The molecule has 0 amide bonds. The number of carbonyl (C=O) groups excluding carboxylic acids is 2. The van der Waals surface area contributed by atoms with Crippen LogP contribution in [-0.4, -0.2) is 22.8 Å². The van der Waals surface area contributed by atoms with Gasteiger partial charge in [0.25, 0.3) is 0 Å². The number of aliphatic hydroxyl groups excluding tert-OH is 1. The third-order valence-corrected chi connectivity index (χ3v) is 4.05. The Bertz CT molecular complexity index is 297. The maximum atomic E-state index is 11.5. The standard InChI is InChI=1S/C10H12O3/c11-6-1-4-2-7(12)10-8(13)3-5(6)9(4)10/h4-5,8-10,13H,1-3H2. The monoisotopic (exact) mass is 180 g/mol. The lowest BCUT2D eigenvalue weighted by Crippen LogP contribution is -2.21. The van der Waals surface area contributed by atoms with Crippen LogP contribution >= 0.6 is 0 Å². The van der Waals surface area contributed by atoms with Crippen LogP contribution in [0.3, 0.4) is 0 Å². The van der Waals surface area contributed by atoms with Crippen molar-refractivity contribution in [2.45, 2.75) is 25.4 Å². The van der Waals surface area contributed by atoms with Gasteiger partial charge >= 0.3 is 0 Å². The van der Waals surface area contributed by atoms with Crippen molar-refractivity contribution >= 4 is 11.6 Å². The number of Topliss-reactive ketones (excluding diaryl/α,β-unsaturated/α-hetero) is 2. The highest BCUT2D eigenvalue weighted by Crippen LogP contribution is 2.55. The van der Waals surface area contributed by atoms with E-state index in [4.69, 9.17) is 0 Å². The second-order valence-electron chi connectivity index (χ2n) is 4.61. The Morgan fingerprint density at radius 1 is 1.15 bits per heavy atom. The molecule has 5 unspecified atom stereocenters. The first-order valence-corrected chi connectivity index (χ1v) is 4.92. The van der Waals surface area contributed by atoms with Gasteiger partial charge in [0.05, 0.1) is 6.10 Å². The van der Waals surface area contributed by atoms with Gasteiger partial charge in [-0.25, -0.2) is 0 Å². The van der Waals surface area contributed by atoms with Crippen molar-refractivity contribution in [1.29, 1.82) is 0 Å². The maximum Gasteiger partial charge on any atom is 0.139 e. The molecule has 3 heteroatoms. The molecule has 3 rings (SSSR count). The van der Waals surface area contributed by atoms with E-state index in [2.05, 4.69) is 0 Å². The minimum Gasteiger partial charge on any atom is -0.392 e. The lowest BCUT2D eigenvalue weighted by molar-refractivity contribution is -0.123. The van der Waals surface area contributed by atoms with Crippen LogP contribution in [0.5, 0.6) is 0 Å². The Morgan fingerprint density at radius 3 is 2.62 bits per heavy atom. The minimum absolute atomic E-state index is 0.0106. The number of ketones is 2. The average Bonchev–Trinajstić information content (AvgIpc) is 2.60. The molecule has 5 atom stereocenters. The second-order valence-corrected chi connectivity index (χ2v) is 4.61. The van der Waals surface area contributed by atoms with E-state index >= 15 is 0 Å². The summed E-state index contributed by atoms with van der Waals surface area (Å²) in [7, 11) is 0. The summed E-state index contributed by atoms with van der Waals surface area (Å²) < 4.78 is 0. The number of hydrogen-bond donors (Lipinski definition) is 1. The third kappa shape index (κ3) is 0.784. The van der Waals surface area contributed by atoms with Gasteiger partial charge in [-0.15, -0.1) is 0 Å². The van der Waals surface area contributed by atoms with E-state index in [9.17, 15) is 14.7 Å². The molecular formula is C10H12O3. The fraction of sp³-hybridized carbons (Fsp3) is 0.800. The Labute approximate surface area is 76.1 Å². The molecule has 70 valence electrons. The van der Waals surface area contributed by atoms with Crippen molar-refractivity contribution in [3.8, 4) is 0 Å². The fourth-order valence-corrected chi connectivity index (χ4v) is 3.62. The molecule has 0 aromatic rings. The van der Waals surface area contributed by atoms with Crippen molar-refractivity contribution in [1.82, 2.24) is 0 Å². The molecule has 0 aromatic carbocycles. The van der Waals surface area contributed by atoms with Crippen molar-refractivity contribution in [3.05, 3.63) is 0 Å². The summed E-state index contributed by atoms with van der Waals surface area (Å²) in [4.78, 5) is 23.0. The summed E-state index contributed by atoms with van der Waals surface area (Å²) in [5.41, 5.74) is 0. The van der Waals surface area contributed by atoms with Gasteiger partial charge in [0.2, 0.25) is 0 Å². The smallest absolute Gasteiger partial charge is 0.139 e. The summed E-state index contributed by atoms with van der Waals surface area (Å²) in [6.45, 7) is 0. The van der Waals surface area contributed by atoms with Gasteiger partial charge in [0, 0.05) is 24.7 Å². The summed E-state index contributed by atoms with van der Waals surface area (Å²) in [6, 6.07) is 0. The molecule has 0 spiro atoms. The van der Waals surface area contributed by atoms with E-state index in [0.717, 1.165) is 0 Å². The van der Waals surface area contributed by atoms with Gasteiger partial charge < -0.3 is 5.11 Å². The first-order valence-electron chi connectivity index (χ1n) is 4.92. The van der Waals surface area contributed by atoms with Crippen LogP contribution in [0.2, 0.25) is 0 Å². The topological polar surface area (TPSA) is 54.4 Å². The molecular weight excluding hydrogens is 168 g/mol. The van der Waals surface area contributed by atoms with Crippen molar-refractivity contribution in [3.63, 3.8) is 0 Å². The Morgan fingerprint density at radius 2 is 1.85 bits per heavy atom. The highest BCUT2D eigenvalue weighted by molar-refractivity contribution is 5.93. The first kappa shape index (κ1) is 7.68. The zero-order chi connectivity index (χ0) is 9.16. The summed E-state index contributed by atoms with van der Waals surface area (Å²) in [5, 5.41) is 9.64. The minimum atomic E-state index is -0.531. The highest BCUT2D eigenvalue weighted by atomic mass is 16.3. The van der Waals surface area contributed by atoms with E-state index in [0.29, 0.717) is 19.3 Å². The van der Waals surface area contributed by atoms with Crippen molar-refractivity contribution in [2.24, 2.45) is 23.7 Å². The Hall–Kier alpha value is -0.700. The van der Waals surface area contributed by atoms with E-state index < -0.39 is 6.10 Å². The molecule has 3 aliphatic rings. The Balaban J connectivity index is 2.03. The highest BCUT2D eigenvalue weighted by Gasteiger charge is 2.60. The van der Waals surface area contributed by atoms with Gasteiger partial charge in [0.1, 0.15) is 11.6 Å². The number of hydrogen-bond acceptors (Lipinski definition) is 3. The zero-order valence-electron chi connectivity index (χ0n) is 7.27. The van der Waals surface area contributed by atoms with Gasteiger partial charge in [-0.05, 0) is 18.3 Å². The zero-order valence-corrected chi connectivity index (χ0v) is 7.27. The molecule has 3 aliphatic carbocycles. The molecule has 3 saturated carbocycles. The second kappa shape index (κ2) is 2.21. The lowest BCUT2D eigenvalue weighted by Gasteiger charge is -2.11. The molecule has 13 heavy (non-hydrogen) atoms. The molecule has 0 saturated heterocycles. The fourth-order valence-electron chi connectivity index (χ4n) is 3.62. The van der Waals surface area contributed by atoms with Gasteiger partial charge in [0.15, 0.2) is 0 Å². The SMILES string of the molecule is O=C1CC2CC(=O)C3C(O)CC1C23. The average molecular weight is 180 g/mol. The number of rotatable bonds is 0. The van der Waals surface area contributed by atoms with Crippen LogP contribution in [0, 0.1) is 23.7 Å². The van der Waals surface area contributed by atoms with Crippen molar-refractivity contribution < 1.29 is 14.7 Å². The van der Waals surface area contributed by atoms with E-state index in [1.165, 1.54) is 0 Å². The van der Waals surface area contributed by atoms with E-state index in [-0.39, 0.29) is 35.2 Å². The summed E-state index contributed by atoms with van der Waals surface area (Å²) >= 11 is 0. The largest absolute Gasteiger partial charge is 0.392 e. The summed E-state index contributed by atoms with van der Waals surface area (Å²) in [6.07, 6.45) is 1.13. The van der Waals surface area contributed by atoms with E-state index in [1.807, 2.05) is 0 Å². The van der Waals surface area contributed by atoms with Crippen LogP contribution in [-0.2, 0) is 9.59 Å². The van der Waals surface area contributed by atoms with Gasteiger partial charge in [-0.2, -0.15) is 0 Å². The van der Waals surface area contributed by atoms with Crippen LogP contribution < -0.4 is 0 Å². The molecule has 3 nitrogen and oxygen atoms in total. The van der Waals surface area contributed by atoms with Gasteiger partial charge in [-0.1, -0.05) is 0 Å². The van der Waals surface area contributed by atoms with E-state index in [1.54, 1.807) is 0 Å². The molecule has 1 N–H and O–H groups in total. The normalized spacial score (nSPS) is 53.2. The predicted molar refractivity (Wildman–Crippen MR) is 43.8 cm³/mol. The van der Waals surface area contributed by atoms with Gasteiger partial charge in [-0.3, -0.25) is 9.59 Å². The number of aliphatic hydroxyl groups is 1. The quantitative estimate of drug-likeness (QED) is 0.577.